The number of anilines is 4. The van der Waals surface area contributed by atoms with E-state index >= 15 is 0 Å². The number of hydrogen-bond acceptors (Lipinski definition) is 23. The Morgan fingerprint density at radius 2 is 0.838 bits per heavy atom. The van der Waals surface area contributed by atoms with Crippen molar-refractivity contribution in [3.8, 4) is 11.5 Å². The van der Waals surface area contributed by atoms with Crippen LogP contribution in [0, 0.1) is 10.8 Å². The van der Waals surface area contributed by atoms with Crippen LogP contribution >= 0.6 is 0 Å². The minimum absolute atomic E-state index is 0. The van der Waals surface area contributed by atoms with E-state index < -0.39 is 100 Å². The van der Waals surface area contributed by atoms with E-state index in [9.17, 15) is 66.3 Å². The molecule has 0 saturated heterocycles. The molecule has 0 saturated carbocycles. The summed E-state index contributed by atoms with van der Waals surface area (Å²) in [6.45, 7) is 0. The van der Waals surface area contributed by atoms with Crippen molar-refractivity contribution in [3.63, 3.8) is 0 Å². The van der Waals surface area contributed by atoms with Gasteiger partial charge in [-0.05, 0) is 47.6 Å². The zero-order valence-electron chi connectivity index (χ0n) is 36.0. The quantitative estimate of drug-likeness (QED) is 0.0495. The maximum absolute atomic E-state index is 13.3. The minimum atomic E-state index is -5.44. The Labute approximate surface area is 475 Å². The van der Waals surface area contributed by atoms with Gasteiger partial charge >= 0.3 is 124 Å². The zero-order valence-corrected chi connectivity index (χ0v) is 47.3. The molecule has 2 aromatic carbocycles. The van der Waals surface area contributed by atoms with Crippen LogP contribution in [0.3, 0.4) is 0 Å². The molecule has 0 radical (unpaired) electrons. The number of hydrogen-bond donors (Lipinski definition) is 8. The van der Waals surface area contributed by atoms with Crippen LogP contribution < -0.4 is 160 Å². The molecule has 0 atom stereocenters. The molecule has 0 bridgehead atoms. The number of carbonyl (C=O) groups excluding carboxylic acids is 3. The number of ketones is 2. The van der Waals surface area contributed by atoms with Gasteiger partial charge in [-0.1, -0.05) is 12.2 Å². The second kappa shape index (κ2) is 23.3. The second-order valence-electron chi connectivity index (χ2n) is 13.0. The van der Waals surface area contributed by atoms with Crippen LogP contribution in [0.1, 0.15) is 0 Å². The molecule has 4 aliphatic rings. The molecular weight excluding hydrogens is 1020 g/mol. The minimum Gasteiger partial charge on any atom is -0.744 e. The van der Waals surface area contributed by atoms with Crippen molar-refractivity contribution in [1.29, 1.82) is 10.8 Å². The molecule has 0 heterocycles. The number of amides is 2. The van der Waals surface area contributed by atoms with Gasteiger partial charge in [-0.25, -0.2) is 38.5 Å². The van der Waals surface area contributed by atoms with Crippen LogP contribution in [0.5, 0.6) is 11.5 Å². The van der Waals surface area contributed by atoms with Crippen LogP contribution in [0.15, 0.2) is 126 Å². The van der Waals surface area contributed by atoms with Gasteiger partial charge in [0.25, 0.3) is 0 Å². The largest absolute Gasteiger partial charge is 1.00 e. The molecule has 2 amide bonds. The fourth-order valence-electron chi connectivity index (χ4n) is 6.15. The second-order valence-corrected chi connectivity index (χ2v) is 18.5. The Morgan fingerprint density at radius 1 is 0.500 bits per heavy atom. The van der Waals surface area contributed by atoms with E-state index in [2.05, 4.69) is 32.3 Å². The molecule has 8 N–H and O–H groups in total. The molecule has 0 aromatic heterocycles. The summed E-state index contributed by atoms with van der Waals surface area (Å²) in [6.07, 6.45) is 7.41. The van der Waals surface area contributed by atoms with Crippen LogP contribution in [-0.2, 0) is 50.1 Å². The Hall–Kier alpha value is -3.25. The average Bonchev–Trinajstić information content (AvgIpc) is 3.18. The normalized spacial score (nSPS) is 15.5. The monoisotopic (exact) mass is 1050 g/mol. The molecule has 0 unspecified atom stereocenters. The maximum Gasteiger partial charge on any atom is 1.00 e. The summed E-state index contributed by atoms with van der Waals surface area (Å²) in [4.78, 5) is 35.3. The van der Waals surface area contributed by atoms with Gasteiger partial charge in [-0.15, -0.1) is 0 Å². The number of rotatable bonds is 14. The van der Waals surface area contributed by atoms with Gasteiger partial charge in [0.05, 0.1) is 90.5 Å². The van der Waals surface area contributed by atoms with Crippen LogP contribution in [0.25, 0.3) is 0 Å². The Balaban J connectivity index is 0.00000397. The first-order valence-corrected chi connectivity index (χ1v) is 22.7. The van der Waals surface area contributed by atoms with Gasteiger partial charge < -0.3 is 38.3 Å². The van der Waals surface area contributed by atoms with Crippen molar-refractivity contribution in [2.45, 2.75) is 9.79 Å². The molecule has 33 heteroatoms. The molecule has 336 valence electrons. The number of hydrazine groups is 2. The summed E-state index contributed by atoms with van der Waals surface area (Å²) in [5.74, 6) is -2.68. The van der Waals surface area contributed by atoms with E-state index in [0.717, 1.165) is 50.7 Å². The van der Waals surface area contributed by atoms with Crippen molar-refractivity contribution >= 4 is 92.2 Å². The number of carbonyl (C=O) groups is 3. The number of benzene rings is 2. The molecule has 25 nitrogen and oxygen atoms in total. The first-order valence-electron chi connectivity index (χ1n) is 17.1. The van der Waals surface area contributed by atoms with Crippen molar-refractivity contribution in [2.24, 2.45) is 0 Å². The third-order valence-electron chi connectivity index (χ3n) is 8.97. The molecule has 0 spiro atoms. The summed E-state index contributed by atoms with van der Waals surface area (Å²) in [6, 6.07) is 1.82. The number of methoxy groups -OCH3 is 2. The number of fused-ring (bicyclic) bond motifs is 2. The van der Waals surface area contributed by atoms with Crippen molar-refractivity contribution < 1.29 is 194 Å². The van der Waals surface area contributed by atoms with Gasteiger partial charge in [0.15, 0.2) is 11.6 Å². The van der Waals surface area contributed by atoms with Crippen LogP contribution in [0.2, 0.25) is 0 Å². The predicted molar refractivity (Wildman–Crippen MR) is 218 cm³/mol. The van der Waals surface area contributed by atoms with E-state index in [0.29, 0.717) is 24.3 Å². The SMILES string of the molecule is COc1cc(NNC2=C3C(=O)C=C(S(=O)(=O)[O-])C=C3C=CC2=N)c(S(=O)(=O)[O-])cc1NC(=O)Nc1cc(S(=O)(=O)[O-])c(NNC2=C3C(=O)C=C(S(=O)(=O)[O-])C=C3C=CC2=N)cc1OC.[Na+].[Na+].[Na+].[Na+]. The van der Waals surface area contributed by atoms with E-state index in [-0.39, 0.29) is 175 Å². The number of nitrogens with one attached hydrogen (secondary N) is 8. The Bertz CT molecular complexity index is 3080. The summed E-state index contributed by atoms with van der Waals surface area (Å²) >= 11 is 0. The predicted octanol–water partition coefficient (Wildman–Crippen LogP) is -11.4. The van der Waals surface area contributed by atoms with Gasteiger partial charge in [0.1, 0.15) is 52.0 Å². The zero-order chi connectivity index (χ0) is 47.3. The van der Waals surface area contributed by atoms with Crippen LogP contribution in [-0.4, -0.2) is 95.1 Å². The number of ether oxygens (including phenoxy) is 2. The van der Waals surface area contributed by atoms with E-state index in [1.807, 2.05) is 0 Å². The Morgan fingerprint density at radius 3 is 1.13 bits per heavy atom. The van der Waals surface area contributed by atoms with Gasteiger partial charge in [-0.3, -0.25) is 42.1 Å². The smallest absolute Gasteiger partial charge is 0.744 e. The fraction of sp³-hybridized carbons (Fsp3) is 0.0571. The first kappa shape index (κ1) is 60.9. The molecule has 68 heavy (non-hydrogen) atoms. The topological polar surface area (TPSA) is 418 Å². The van der Waals surface area contributed by atoms with Crippen molar-refractivity contribution in [3.05, 3.63) is 116 Å². The molecule has 0 aliphatic heterocycles. The van der Waals surface area contributed by atoms with Crippen molar-refractivity contribution in [1.82, 2.24) is 10.9 Å². The maximum atomic E-state index is 13.3. The van der Waals surface area contributed by atoms with Crippen molar-refractivity contribution in [2.75, 3.05) is 35.7 Å². The molecule has 6 rings (SSSR count). The summed E-state index contributed by atoms with van der Waals surface area (Å²) < 4.78 is 154. The molecule has 0 fully saturated rings. The number of allylic oxidation sites excluding steroid dienone is 12. The molecule has 4 aliphatic carbocycles. The van der Waals surface area contributed by atoms with Gasteiger partial charge in [0.2, 0.25) is 0 Å². The van der Waals surface area contributed by atoms with E-state index in [1.54, 1.807) is 0 Å². The third-order valence-corrected chi connectivity index (χ3v) is 12.3. The standard InChI is InChI=1S/C35H30N8O17S4.4Na/c1-59-27-11-23(40-42-33-19(36)5-3-15-7-17(61(47,48)49)9-25(44)31(15)33)29(63(53,54)55)13-21(27)38-35(46)39-22-14-30(64(56,57)58)24(12-28(22)60-2)41-43-34-20(37)6-4-16-8-18(62(50,51)52)10-26(45)32(16)34;;;;/h3-14,36-37,40-43H,1-2H3,(H2,38,39,46)(H,47,48,49)(H,50,51,52)(H,53,54,55)(H,56,57,58);;;;/q;4*+1/p-4. The summed E-state index contributed by atoms with van der Waals surface area (Å²) in [5.41, 5.74) is 5.28. The average molecular weight is 1050 g/mol. The third kappa shape index (κ3) is 13.6. The number of urea groups is 1. The van der Waals surface area contributed by atoms with Gasteiger partial charge in [0, 0.05) is 24.3 Å². The van der Waals surface area contributed by atoms with Crippen LogP contribution in [0.4, 0.5) is 27.5 Å². The fourth-order valence-corrected chi connectivity index (χ4v) is 8.48. The summed E-state index contributed by atoms with van der Waals surface area (Å²) in [7, 11) is -18.8. The van der Waals surface area contributed by atoms with E-state index in [1.165, 1.54) is 12.2 Å². The van der Waals surface area contributed by atoms with E-state index in [4.69, 9.17) is 20.3 Å². The Kier molecular flexibility index (Phi) is 20.9. The summed E-state index contributed by atoms with van der Waals surface area (Å²) in [5, 5.41) is 20.9. The molecular formula is C35H26N8Na4O17S4. The first-order chi connectivity index (χ1) is 29.7. The molecule has 2 aromatic rings. The van der Waals surface area contributed by atoms with Gasteiger partial charge in [-0.2, -0.15) is 0 Å².